The Morgan fingerprint density at radius 2 is 0.983 bits per heavy atom. The van der Waals surface area contributed by atoms with Gasteiger partial charge in [-0.1, -0.05) is 179 Å². The molecule has 0 radical (unpaired) electrons. The summed E-state index contributed by atoms with van der Waals surface area (Å²) >= 11 is 0. The van der Waals surface area contributed by atoms with E-state index in [0.29, 0.717) is 23.9 Å². The van der Waals surface area contributed by atoms with Gasteiger partial charge in [0.05, 0.1) is 34.3 Å². The summed E-state index contributed by atoms with van der Waals surface area (Å²) in [6.45, 7) is 4.02. The molecule has 3 atom stereocenters. The van der Waals surface area contributed by atoms with Crippen molar-refractivity contribution >= 4 is 19.8 Å². The maximum absolute atomic E-state index is 13.0. The highest BCUT2D eigenvalue weighted by Gasteiger charge is 2.33. The van der Waals surface area contributed by atoms with Crippen LogP contribution in [0.1, 0.15) is 213 Å². The molecule has 0 aliphatic carbocycles. The van der Waals surface area contributed by atoms with Crippen molar-refractivity contribution in [2.45, 2.75) is 225 Å². The number of hydrogen-bond donors (Lipinski definition) is 1. The van der Waals surface area contributed by atoms with E-state index in [1.807, 2.05) is 21.1 Å². The van der Waals surface area contributed by atoms with Crippen molar-refractivity contribution in [2.24, 2.45) is 5.11 Å². The van der Waals surface area contributed by atoms with Crippen LogP contribution in [-0.4, -0.2) is 81.0 Å². The van der Waals surface area contributed by atoms with Crippen molar-refractivity contribution in [2.75, 3.05) is 47.4 Å². The van der Waals surface area contributed by atoms with Crippen molar-refractivity contribution in [1.29, 1.82) is 0 Å². The number of likely N-dealkylation sites (N-methyl/N-ethyl adjacent to an activating group) is 1. The Bertz CT molecular complexity index is 1130. The Labute approximate surface area is 361 Å². The Kier molecular flexibility index (Phi) is 38.8. The number of quaternary nitrogens is 1. The Morgan fingerprint density at radius 3 is 1.37 bits per heavy atom. The van der Waals surface area contributed by atoms with Crippen LogP contribution in [0.15, 0.2) is 17.3 Å². The summed E-state index contributed by atoms with van der Waals surface area (Å²) in [5, 5.41) is 3.59. The van der Waals surface area contributed by atoms with E-state index >= 15 is 0 Å². The number of hydrogen-bond acceptors (Lipinski definition) is 8. The maximum Gasteiger partial charge on any atom is 0.472 e. The van der Waals surface area contributed by atoms with Crippen molar-refractivity contribution in [1.82, 2.24) is 0 Å². The highest BCUT2D eigenvalue weighted by molar-refractivity contribution is 7.47. The fourth-order valence-electron chi connectivity index (χ4n) is 6.81. The van der Waals surface area contributed by atoms with Crippen LogP contribution < -0.4 is 0 Å². The predicted octanol–water partition coefficient (Wildman–Crippen LogP) is 13.6. The minimum atomic E-state index is -4.53. The lowest BCUT2D eigenvalue weighted by Gasteiger charge is -2.27. The molecule has 0 aromatic carbocycles. The van der Waals surface area contributed by atoms with Gasteiger partial charge in [0, 0.05) is 17.8 Å². The summed E-state index contributed by atoms with van der Waals surface area (Å²) in [6.07, 6.45) is 36.8. The Balaban J connectivity index is 4.80. The van der Waals surface area contributed by atoms with E-state index in [1.165, 1.54) is 116 Å². The lowest BCUT2D eigenvalue weighted by atomic mass is 10.0. The molecule has 0 saturated carbocycles. The molecule has 12 nitrogen and oxygen atoms in total. The van der Waals surface area contributed by atoms with E-state index in [0.717, 1.165) is 57.8 Å². The third-order valence-electron chi connectivity index (χ3n) is 10.6. The molecule has 13 heteroatoms. The molecule has 0 saturated heterocycles. The van der Waals surface area contributed by atoms with Crippen LogP contribution >= 0.6 is 7.82 Å². The zero-order chi connectivity index (χ0) is 43.7. The number of rotatable bonds is 44. The maximum atomic E-state index is 13.0. The summed E-state index contributed by atoms with van der Waals surface area (Å²) in [5.41, 5.74) is 9.07. The first kappa shape index (κ1) is 57.1. The SMILES string of the molecule is CCCCCCCC/C=C\CCCCCCCCC(=O)O[C@@H](COP(=O)(O)OCC[N+](C)(C)C)[C@H](CN=[N+]=[N-])OC(=O)CCCCCCCCCCCCCCCCC. The fourth-order valence-corrected chi connectivity index (χ4v) is 7.54. The lowest BCUT2D eigenvalue weighted by Crippen LogP contribution is -2.40. The average Bonchev–Trinajstić information content (AvgIpc) is 3.18. The third kappa shape index (κ3) is 41.2. The van der Waals surface area contributed by atoms with Crippen molar-refractivity contribution in [3.63, 3.8) is 0 Å². The third-order valence-corrected chi connectivity index (χ3v) is 11.6. The molecular weight excluding hydrogens is 767 g/mol. The number of phosphoric acid groups is 1. The first-order chi connectivity index (χ1) is 28.4. The summed E-state index contributed by atoms with van der Waals surface area (Å²) < 4.78 is 35.0. The van der Waals surface area contributed by atoms with E-state index in [9.17, 15) is 19.0 Å². The number of azide groups is 1. The van der Waals surface area contributed by atoms with E-state index in [1.54, 1.807) is 0 Å². The summed E-state index contributed by atoms with van der Waals surface area (Å²) in [6, 6.07) is 0. The van der Waals surface area contributed by atoms with Gasteiger partial charge in [0.2, 0.25) is 0 Å². The second-order valence-corrected chi connectivity index (χ2v) is 18.9. The standard InChI is InChI=1S/C46H89N4O8P/c1-6-8-10-12-14-16-18-20-22-24-26-28-30-32-34-36-38-46(52)58-44(42-56-59(53,54)55-40-39-50(3,4)5)43(41-48-49-47)57-45(51)37-35-33-31-29-27-25-23-21-19-17-15-13-11-9-7-2/h20,22,43-44H,6-19,21,23-42H2,1-5H3/p+1/b22-20-/t43-,44-/m0/s1. The van der Waals surface area contributed by atoms with Gasteiger partial charge >= 0.3 is 19.8 Å². The minimum Gasteiger partial charge on any atom is -0.458 e. The minimum absolute atomic E-state index is 0.0336. The fraction of sp³-hybridized carbons (Fsp3) is 0.913. The molecule has 0 fully saturated rings. The first-order valence-electron chi connectivity index (χ1n) is 23.9. The topological polar surface area (TPSA) is 157 Å². The van der Waals surface area contributed by atoms with Crippen molar-refractivity contribution in [3.8, 4) is 0 Å². The van der Waals surface area contributed by atoms with Crippen LogP contribution in [0.5, 0.6) is 0 Å². The highest BCUT2D eigenvalue weighted by Crippen LogP contribution is 2.43. The van der Waals surface area contributed by atoms with Crippen LogP contribution in [0.25, 0.3) is 10.4 Å². The van der Waals surface area contributed by atoms with Gasteiger partial charge in [-0.15, -0.1) is 0 Å². The molecule has 346 valence electrons. The van der Waals surface area contributed by atoms with Gasteiger partial charge < -0.3 is 18.9 Å². The van der Waals surface area contributed by atoms with Crippen LogP contribution in [0, 0.1) is 0 Å². The summed E-state index contributed by atoms with van der Waals surface area (Å²) in [7, 11) is 1.24. The van der Waals surface area contributed by atoms with Crippen LogP contribution in [-0.2, 0) is 32.7 Å². The van der Waals surface area contributed by atoms with Crippen LogP contribution in [0.2, 0.25) is 0 Å². The first-order valence-corrected chi connectivity index (χ1v) is 25.4. The van der Waals surface area contributed by atoms with Crippen LogP contribution in [0.3, 0.4) is 0 Å². The van der Waals surface area contributed by atoms with E-state index in [4.69, 9.17) is 24.1 Å². The zero-order valence-corrected chi connectivity index (χ0v) is 39.5. The normalized spacial score (nSPS) is 13.9. The Hall–Kier alpha value is -1.94. The van der Waals surface area contributed by atoms with Gasteiger partial charge in [-0.2, -0.15) is 0 Å². The number of allylic oxidation sites excluding steroid dienone is 2. The molecule has 0 heterocycles. The number of esters is 2. The van der Waals surface area contributed by atoms with Gasteiger partial charge in [0.25, 0.3) is 0 Å². The van der Waals surface area contributed by atoms with Crippen molar-refractivity contribution in [3.05, 3.63) is 22.6 Å². The van der Waals surface area contributed by atoms with Crippen LogP contribution in [0.4, 0.5) is 0 Å². The number of ether oxygens (including phenoxy) is 2. The largest absolute Gasteiger partial charge is 0.472 e. The molecule has 0 rings (SSSR count). The molecule has 1 N–H and O–H groups in total. The molecular formula is C46H90N4O8P+. The molecule has 0 amide bonds. The average molecular weight is 858 g/mol. The number of carbonyl (C=O) groups excluding carboxylic acids is 2. The molecule has 1 unspecified atom stereocenters. The number of phosphoric ester groups is 1. The quantitative estimate of drug-likeness (QED) is 0.00927. The van der Waals surface area contributed by atoms with Gasteiger partial charge in [0.1, 0.15) is 19.3 Å². The van der Waals surface area contributed by atoms with Crippen molar-refractivity contribution < 1.29 is 42.1 Å². The monoisotopic (exact) mass is 858 g/mol. The van der Waals surface area contributed by atoms with Gasteiger partial charge in [-0.3, -0.25) is 18.6 Å². The number of nitrogens with zero attached hydrogens (tertiary/aromatic N) is 4. The summed E-state index contributed by atoms with van der Waals surface area (Å²) in [4.78, 5) is 39.1. The van der Waals surface area contributed by atoms with Gasteiger partial charge in [-0.25, -0.2) is 4.57 Å². The van der Waals surface area contributed by atoms with E-state index in [-0.39, 0.29) is 26.0 Å². The molecule has 0 aliphatic heterocycles. The van der Waals surface area contributed by atoms with E-state index in [2.05, 4.69) is 36.0 Å². The molecule has 0 aromatic rings. The number of unbranched alkanes of at least 4 members (excludes halogenated alkanes) is 26. The second kappa shape index (κ2) is 40.2. The second-order valence-electron chi connectivity index (χ2n) is 17.5. The predicted molar refractivity (Wildman–Crippen MR) is 242 cm³/mol. The molecule has 0 bridgehead atoms. The smallest absolute Gasteiger partial charge is 0.458 e. The zero-order valence-electron chi connectivity index (χ0n) is 38.6. The van der Waals surface area contributed by atoms with E-state index < -0.39 is 38.6 Å². The molecule has 0 spiro atoms. The highest BCUT2D eigenvalue weighted by atomic mass is 31.2. The van der Waals surface area contributed by atoms with Gasteiger partial charge in [-0.05, 0) is 44.1 Å². The number of carbonyl (C=O) groups is 2. The molecule has 0 aromatic heterocycles. The molecule has 59 heavy (non-hydrogen) atoms. The lowest BCUT2D eigenvalue weighted by molar-refractivity contribution is -0.870. The summed E-state index contributed by atoms with van der Waals surface area (Å²) in [5.74, 6) is -1.06. The van der Waals surface area contributed by atoms with Gasteiger partial charge in [0.15, 0.2) is 6.10 Å². The Morgan fingerprint density at radius 1 is 0.610 bits per heavy atom. The molecule has 0 aliphatic rings.